The molecule has 1 saturated heterocycles. The largest absolute Gasteiger partial charge is 0.238 e. The molecule has 0 unspecified atom stereocenters. The summed E-state index contributed by atoms with van der Waals surface area (Å²) in [6, 6.07) is 0. The molecule has 0 aromatic carbocycles. The standard InChI is InChI=1S/C4H8NO3S/c6-5-3-1-2-4-9(5,7)8/h1-4H2. The lowest BCUT2D eigenvalue weighted by atomic mass is 10.3. The monoisotopic (exact) mass is 150 g/mol. The van der Waals surface area contributed by atoms with E-state index in [0.29, 0.717) is 12.8 Å². The van der Waals surface area contributed by atoms with Crippen LogP contribution in [0.4, 0.5) is 0 Å². The van der Waals surface area contributed by atoms with E-state index in [-0.39, 0.29) is 16.8 Å². The summed E-state index contributed by atoms with van der Waals surface area (Å²) >= 11 is 0. The second kappa shape index (κ2) is 2.24. The Morgan fingerprint density at radius 2 is 1.89 bits per heavy atom. The minimum absolute atomic E-state index is 0.0243. The minimum Gasteiger partial charge on any atom is -0.210 e. The second-order valence-corrected chi connectivity index (χ2v) is 4.03. The molecule has 4 nitrogen and oxygen atoms in total. The maximum absolute atomic E-state index is 10.6. The van der Waals surface area contributed by atoms with E-state index in [0.717, 1.165) is 0 Å². The van der Waals surface area contributed by atoms with Crippen molar-refractivity contribution < 1.29 is 13.6 Å². The predicted octanol–water partition coefficient (Wildman–Crippen LogP) is -0.242. The van der Waals surface area contributed by atoms with Crippen LogP contribution in [0, 0.1) is 0 Å². The van der Waals surface area contributed by atoms with Crippen LogP contribution in [0.1, 0.15) is 12.8 Å². The average Bonchev–Trinajstić information content (AvgIpc) is 1.77. The smallest absolute Gasteiger partial charge is 0.210 e. The Kier molecular flexibility index (Phi) is 1.74. The van der Waals surface area contributed by atoms with Crippen LogP contribution in [0.5, 0.6) is 0 Å². The summed E-state index contributed by atoms with van der Waals surface area (Å²) in [5.74, 6) is 0.0243. The Labute approximate surface area is 54.1 Å². The second-order valence-electron chi connectivity index (χ2n) is 2.05. The van der Waals surface area contributed by atoms with E-state index < -0.39 is 10.0 Å². The normalized spacial score (nSPS) is 28.1. The topological polar surface area (TPSA) is 57.3 Å². The molecule has 5 heteroatoms. The fourth-order valence-electron chi connectivity index (χ4n) is 0.766. The molecule has 1 radical (unpaired) electrons. The molecular weight excluding hydrogens is 142 g/mol. The molecule has 1 aliphatic rings. The number of hydrogen-bond acceptors (Lipinski definition) is 2. The maximum Gasteiger partial charge on any atom is 0.238 e. The van der Waals surface area contributed by atoms with Crippen LogP contribution in [0.15, 0.2) is 0 Å². The maximum atomic E-state index is 10.6. The molecule has 0 saturated carbocycles. The number of sulfonamides is 1. The molecule has 53 valence electrons. The molecule has 0 aromatic heterocycles. The molecule has 0 aliphatic carbocycles. The van der Waals surface area contributed by atoms with E-state index in [2.05, 4.69) is 0 Å². The molecule has 0 spiro atoms. The van der Waals surface area contributed by atoms with Gasteiger partial charge in [0.25, 0.3) is 0 Å². The lowest BCUT2D eigenvalue weighted by Crippen LogP contribution is -2.33. The van der Waals surface area contributed by atoms with Gasteiger partial charge in [-0.05, 0) is 17.3 Å². The quantitative estimate of drug-likeness (QED) is 0.478. The first-order valence-electron chi connectivity index (χ1n) is 2.80. The zero-order valence-corrected chi connectivity index (χ0v) is 5.73. The van der Waals surface area contributed by atoms with Gasteiger partial charge in [0.2, 0.25) is 10.0 Å². The van der Waals surface area contributed by atoms with Crippen molar-refractivity contribution in [3.8, 4) is 0 Å². The Morgan fingerprint density at radius 3 is 2.22 bits per heavy atom. The Balaban J connectivity index is 2.72. The highest BCUT2D eigenvalue weighted by Gasteiger charge is 2.24. The molecule has 0 bridgehead atoms. The summed E-state index contributed by atoms with van der Waals surface area (Å²) in [4.78, 5) is 0. The molecular formula is C4H8NO3S. The molecule has 9 heavy (non-hydrogen) atoms. The van der Waals surface area contributed by atoms with E-state index in [9.17, 15) is 13.6 Å². The van der Waals surface area contributed by atoms with Gasteiger partial charge in [-0.2, -0.15) is 0 Å². The van der Waals surface area contributed by atoms with Crippen molar-refractivity contribution in [3.63, 3.8) is 0 Å². The van der Waals surface area contributed by atoms with Crippen molar-refractivity contribution in [1.82, 2.24) is 4.47 Å². The summed E-state index contributed by atoms with van der Waals surface area (Å²) in [5, 5.41) is 10.4. The van der Waals surface area contributed by atoms with Gasteiger partial charge in [0.15, 0.2) is 0 Å². The van der Waals surface area contributed by atoms with Crippen LogP contribution in [-0.4, -0.2) is 25.2 Å². The Hall–Kier alpha value is -0.130. The Morgan fingerprint density at radius 1 is 1.22 bits per heavy atom. The van der Waals surface area contributed by atoms with E-state index in [4.69, 9.17) is 0 Å². The third kappa shape index (κ3) is 1.41. The molecule has 1 rings (SSSR count). The first kappa shape index (κ1) is 6.98. The van der Waals surface area contributed by atoms with Crippen molar-refractivity contribution in [2.45, 2.75) is 12.8 Å². The summed E-state index contributed by atoms with van der Waals surface area (Å²) in [7, 11) is -3.38. The Bertz CT molecular complexity index is 186. The van der Waals surface area contributed by atoms with Crippen LogP contribution in [-0.2, 0) is 15.2 Å². The average molecular weight is 150 g/mol. The van der Waals surface area contributed by atoms with Crippen LogP contribution in [0.25, 0.3) is 0 Å². The molecule has 1 aliphatic heterocycles. The fourth-order valence-corrected chi connectivity index (χ4v) is 1.95. The SMILES string of the molecule is [O]N1CCCCS1(=O)=O. The van der Waals surface area contributed by atoms with Gasteiger partial charge in [-0.1, -0.05) is 0 Å². The number of hydrogen-bond donors (Lipinski definition) is 0. The highest BCUT2D eigenvalue weighted by Crippen LogP contribution is 2.09. The summed E-state index contributed by atoms with van der Waals surface area (Å²) in [5.41, 5.74) is 0. The van der Waals surface area contributed by atoms with Crippen LogP contribution in [0.3, 0.4) is 0 Å². The predicted molar refractivity (Wildman–Crippen MR) is 30.4 cm³/mol. The van der Waals surface area contributed by atoms with Crippen molar-refractivity contribution in [3.05, 3.63) is 0 Å². The molecule has 0 amide bonds. The molecule has 0 atom stereocenters. The van der Waals surface area contributed by atoms with Crippen LogP contribution < -0.4 is 0 Å². The summed E-state index contributed by atoms with van der Waals surface area (Å²) in [6.45, 7) is 0.141. The summed E-state index contributed by atoms with van der Waals surface area (Å²) in [6.07, 6.45) is 1.32. The van der Waals surface area contributed by atoms with Crippen molar-refractivity contribution in [2.75, 3.05) is 12.3 Å². The van der Waals surface area contributed by atoms with Crippen molar-refractivity contribution >= 4 is 10.0 Å². The van der Waals surface area contributed by atoms with Gasteiger partial charge in [-0.25, -0.2) is 8.42 Å². The molecule has 1 heterocycles. The van der Waals surface area contributed by atoms with E-state index >= 15 is 0 Å². The van der Waals surface area contributed by atoms with Crippen LogP contribution >= 0.6 is 0 Å². The highest BCUT2D eigenvalue weighted by molar-refractivity contribution is 7.88. The summed E-state index contributed by atoms with van der Waals surface area (Å²) < 4.78 is 21.4. The van der Waals surface area contributed by atoms with Gasteiger partial charge in [-0.3, -0.25) is 0 Å². The van der Waals surface area contributed by atoms with Crippen molar-refractivity contribution in [1.29, 1.82) is 0 Å². The van der Waals surface area contributed by atoms with Gasteiger partial charge in [0, 0.05) is 6.54 Å². The van der Waals surface area contributed by atoms with Gasteiger partial charge in [0.1, 0.15) is 0 Å². The molecule has 0 aromatic rings. The number of hydroxylamine groups is 1. The first-order valence-corrected chi connectivity index (χ1v) is 4.41. The van der Waals surface area contributed by atoms with Crippen molar-refractivity contribution in [2.24, 2.45) is 0 Å². The number of rotatable bonds is 0. The highest BCUT2D eigenvalue weighted by atomic mass is 32.2. The van der Waals surface area contributed by atoms with Crippen LogP contribution in [0.2, 0.25) is 0 Å². The first-order chi connectivity index (χ1) is 4.13. The third-order valence-electron chi connectivity index (χ3n) is 1.30. The van der Waals surface area contributed by atoms with E-state index in [1.54, 1.807) is 0 Å². The zero-order chi connectivity index (χ0) is 6.91. The van der Waals surface area contributed by atoms with Gasteiger partial charge in [-0.15, -0.1) is 5.21 Å². The van der Waals surface area contributed by atoms with E-state index in [1.165, 1.54) is 0 Å². The number of nitrogens with zero attached hydrogens (tertiary/aromatic N) is 1. The minimum atomic E-state index is -3.38. The van der Waals surface area contributed by atoms with Gasteiger partial charge in [0.05, 0.1) is 5.75 Å². The third-order valence-corrected chi connectivity index (χ3v) is 2.91. The fraction of sp³-hybridized carbons (Fsp3) is 1.00. The van der Waals surface area contributed by atoms with E-state index in [1.807, 2.05) is 0 Å². The zero-order valence-electron chi connectivity index (χ0n) is 4.91. The van der Waals surface area contributed by atoms with Gasteiger partial charge >= 0.3 is 0 Å². The van der Waals surface area contributed by atoms with Gasteiger partial charge < -0.3 is 0 Å². The lowest BCUT2D eigenvalue weighted by molar-refractivity contribution is -0.0763. The molecule has 0 N–H and O–H groups in total. The lowest BCUT2D eigenvalue weighted by Gasteiger charge is -2.16. The molecule has 1 fully saturated rings.